The molecule has 1 aliphatic heterocycles. The zero-order chi connectivity index (χ0) is 24.9. The van der Waals surface area contributed by atoms with Gasteiger partial charge < -0.3 is 10.1 Å². The number of amides is 2. The molecule has 4 rings (SSSR count). The Kier molecular flexibility index (Phi) is 5.50. The van der Waals surface area contributed by atoms with Gasteiger partial charge >= 0.3 is 6.18 Å². The molecule has 178 valence electrons. The van der Waals surface area contributed by atoms with Crippen molar-refractivity contribution in [1.82, 2.24) is 10.3 Å². The molecule has 2 aliphatic rings. The fraction of sp³-hybridized carbons (Fsp3) is 0.333. The van der Waals surface area contributed by atoms with Crippen molar-refractivity contribution in [3.05, 3.63) is 65.6 Å². The lowest BCUT2D eigenvalue weighted by atomic mass is 9.72. The van der Waals surface area contributed by atoms with E-state index in [1.165, 1.54) is 49.7 Å². The van der Waals surface area contributed by atoms with E-state index in [1.54, 1.807) is 13.8 Å². The molecule has 0 saturated heterocycles. The number of pyridine rings is 1. The number of methoxy groups -OCH3 is 1. The van der Waals surface area contributed by atoms with Gasteiger partial charge in [0.2, 0.25) is 5.54 Å². The average Bonchev–Trinajstić information content (AvgIpc) is 3.02. The van der Waals surface area contributed by atoms with E-state index >= 15 is 0 Å². The Morgan fingerprint density at radius 2 is 1.79 bits per heavy atom. The van der Waals surface area contributed by atoms with E-state index in [-0.39, 0.29) is 29.8 Å². The molecule has 2 aromatic rings. The van der Waals surface area contributed by atoms with Crippen LogP contribution in [-0.4, -0.2) is 41.4 Å². The number of allylic oxidation sites excluding steroid dienone is 1. The van der Waals surface area contributed by atoms with Crippen LogP contribution in [0.3, 0.4) is 0 Å². The minimum atomic E-state index is -5.29. The second kappa shape index (κ2) is 7.96. The first kappa shape index (κ1) is 23.5. The van der Waals surface area contributed by atoms with E-state index in [0.717, 1.165) is 11.1 Å². The number of alkyl halides is 3. The third-order valence-corrected chi connectivity index (χ3v) is 6.00. The maximum Gasteiger partial charge on any atom is 0.425 e. The molecule has 2 heterocycles. The highest BCUT2D eigenvalue weighted by Gasteiger charge is 2.72. The molecule has 1 N–H and O–H groups in total. The topological polar surface area (TPSA) is 88.6 Å². The van der Waals surface area contributed by atoms with Crippen molar-refractivity contribution in [3.63, 3.8) is 0 Å². The first-order chi connectivity index (χ1) is 15.9. The molecule has 1 aromatic heterocycles. The van der Waals surface area contributed by atoms with Crippen molar-refractivity contribution >= 4 is 23.3 Å². The van der Waals surface area contributed by atoms with Gasteiger partial charge in [-0.3, -0.25) is 24.3 Å². The number of ketones is 1. The predicted molar refractivity (Wildman–Crippen MR) is 116 cm³/mol. The van der Waals surface area contributed by atoms with E-state index in [0.29, 0.717) is 5.75 Å². The molecular formula is C24H22F3N3O4. The largest absolute Gasteiger partial charge is 0.497 e. The number of hydrogen-bond donors (Lipinski definition) is 1. The lowest BCUT2D eigenvalue weighted by Crippen LogP contribution is -2.66. The zero-order valence-electron chi connectivity index (χ0n) is 18.7. The first-order valence-corrected chi connectivity index (χ1v) is 10.5. The molecule has 0 fully saturated rings. The number of halogens is 3. The molecule has 1 unspecified atom stereocenters. The second-order valence-electron chi connectivity index (χ2n) is 9.04. The molecule has 0 spiro atoms. The number of anilines is 1. The van der Waals surface area contributed by atoms with Crippen LogP contribution in [0.5, 0.6) is 5.75 Å². The Labute approximate surface area is 193 Å². The van der Waals surface area contributed by atoms with Gasteiger partial charge in [-0.25, -0.2) is 0 Å². The number of aromatic nitrogens is 1. The Morgan fingerprint density at radius 3 is 2.35 bits per heavy atom. The van der Waals surface area contributed by atoms with Gasteiger partial charge in [0.15, 0.2) is 5.78 Å². The summed E-state index contributed by atoms with van der Waals surface area (Å²) in [7, 11) is 1.43. The summed E-state index contributed by atoms with van der Waals surface area (Å²) in [6.07, 6.45) is -3.01. The van der Waals surface area contributed by atoms with Crippen LogP contribution in [0.4, 0.5) is 18.9 Å². The Morgan fingerprint density at radius 1 is 1.12 bits per heavy atom. The van der Waals surface area contributed by atoms with Gasteiger partial charge in [0.05, 0.1) is 18.2 Å². The number of ether oxygens (including phenoxy) is 1. The van der Waals surface area contributed by atoms with Crippen LogP contribution < -0.4 is 15.0 Å². The number of carbonyl (C=O) groups is 3. The number of nitrogens with zero attached hydrogens (tertiary/aromatic N) is 2. The quantitative estimate of drug-likeness (QED) is 0.730. The predicted octanol–water partition coefficient (Wildman–Crippen LogP) is 3.81. The van der Waals surface area contributed by atoms with Gasteiger partial charge in [0.1, 0.15) is 5.75 Å². The standard InChI is InChI=1S/C24H22F3N3O4/c1-22(2)11-17-19(18(31)12-22)23(24(25,26)27,29-20(32)14-5-4-10-28-13-14)21(33)30(17)15-6-8-16(34-3)9-7-15/h4-10,13H,11-12H2,1-3H3,(H,29,32). The molecule has 7 nitrogen and oxygen atoms in total. The highest BCUT2D eigenvalue weighted by atomic mass is 19.4. The SMILES string of the molecule is COc1ccc(N2C(=O)C(NC(=O)c3cccnc3)(C(F)(F)F)C3=C2CC(C)(C)CC3=O)cc1. The summed E-state index contributed by atoms with van der Waals surface area (Å²) in [6, 6.07) is 8.52. The van der Waals surface area contributed by atoms with Gasteiger partial charge in [-0.15, -0.1) is 0 Å². The van der Waals surface area contributed by atoms with Crippen molar-refractivity contribution in [3.8, 4) is 5.75 Å². The number of hydrogen-bond acceptors (Lipinski definition) is 5. The minimum absolute atomic E-state index is 0.0342. The van der Waals surface area contributed by atoms with Crippen molar-refractivity contribution in [1.29, 1.82) is 0 Å². The lowest BCUT2D eigenvalue weighted by molar-refractivity contribution is -0.186. The maximum atomic E-state index is 14.8. The fourth-order valence-electron chi connectivity index (χ4n) is 4.50. The smallest absolute Gasteiger partial charge is 0.425 e. The third kappa shape index (κ3) is 3.63. The van der Waals surface area contributed by atoms with Crippen molar-refractivity contribution in [2.75, 3.05) is 12.0 Å². The molecule has 1 aromatic carbocycles. The van der Waals surface area contributed by atoms with Crippen LogP contribution in [-0.2, 0) is 9.59 Å². The monoisotopic (exact) mass is 473 g/mol. The summed E-state index contributed by atoms with van der Waals surface area (Å²) in [6.45, 7) is 3.49. The average molecular weight is 473 g/mol. The number of nitrogens with one attached hydrogen (secondary N) is 1. The Hall–Kier alpha value is -3.69. The minimum Gasteiger partial charge on any atom is -0.497 e. The van der Waals surface area contributed by atoms with Gasteiger partial charge in [0.25, 0.3) is 11.8 Å². The number of Topliss-reactive ketones (excluding diaryl/α,β-unsaturated/α-hetero) is 1. The highest BCUT2D eigenvalue weighted by Crippen LogP contribution is 2.52. The molecular weight excluding hydrogens is 451 g/mol. The van der Waals surface area contributed by atoms with E-state index in [1.807, 2.05) is 5.32 Å². The van der Waals surface area contributed by atoms with Gasteiger partial charge in [-0.2, -0.15) is 13.2 Å². The van der Waals surface area contributed by atoms with Crippen molar-refractivity contribution in [2.45, 2.75) is 38.4 Å². The van der Waals surface area contributed by atoms with Gasteiger partial charge in [-0.1, -0.05) is 13.8 Å². The summed E-state index contributed by atoms with van der Waals surface area (Å²) in [5.74, 6) is -3.02. The maximum absolute atomic E-state index is 14.8. The molecule has 10 heteroatoms. The second-order valence-corrected chi connectivity index (χ2v) is 9.04. The Balaban J connectivity index is 1.93. The summed E-state index contributed by atoms with van der Waals surface area (Å²) >= 11 is 0. The van der Waals surface area contributed by atoms with E-state index < -0.39 is 40.3 Å². The number of benzene rings is 1. The molecule has 0 saturated carbocycles. The fourth-order valence-corrected chi connectivity index (χ4v) is 4.50. The summed E-state index contributed by atoms with van der Waals surface area (Å²) in [5.41, 5.74) is -5.06. The summed E-state index contributed by atoms with van der Waals surface area (Å²) < 4.78 is 49.5. The summed E-state index contributed by atoms with van der Waals surface area (Å²) in [4.78, 5) is 44.3. The van der Waals surface area contributed by atoms with Gasteiger partial charge in [0, 0.05) is 30.2 Å². The molecule has 1 aliphatic carbocycles. The van der Waals surface area contributed by atoms with Crippen LogP contribution in [0.1, 0.15) is 37.0 Å². The Bertz CT molecular complexity index is 1190. The molecule has 0 radical (unpaired) electrons. The summed E-state index contributed by atoms with van der Waals surface area (Å²) in [5, 5.41) is 1.88. The normalized spacial score (nSPS) is 22.0. The lowest BCUT2D eigenvalue weighted by Gasteiger charge is -2.35. The van der Waals surface area contributed by atoms with Crippen LogP contribution in [0.15, 0.2) is 60.1 Å². The van der Waals surface area contributed by atoms with E-state index in [9.17, 15) is 27.6 Å². The third-order valence-electron chi connectivity index (χ3n) is 6.00. The number of carbonyl (C=O) groups excluding carboxylic acids is 3. The first-order valence-electron chi connectivity index (χ1n) is 10.5. The van der Waals surface area contributed by atoms with Crippen LogP contribution in [0.2, 0.25) is 0 Å². The highest BCUT2D eigenvalue weighted by molar-refractivity contribution is 6.21. The van der Waals surface area contributed by atoms with E-state index in [2.05, 4.69) is 4.98 Å². The number of rotatable bonds is 4. The van der Waals surface area contributed by atoms with Gasteiger partial charge in [-0.05, 0) is 48.2 Å². The zero-order valence-corrected chi connectivity index (χ0v) is 18.7. The molecule has 0 bridgehead atoms. The van der Waals surface area contributed by atoms with E-state index in [4.69, 9.17) is 4.74 Å². The molecule has 34 heavy (non-hydrogen) atoms. The molecule has 1 atom stereocenters. The van der Waals surface area contributed by atoms with Crippen molar-refractivity contribution in [2.24, 2.45) is 5.41 Å². The van der Waals surface area contributed by atoms with Crippen LogP contribution in [0.25, 0.3) is 0 Å². The van der Waals surface area contributed by atoms with Crippen molar-refractivity contribution < 1.29 is 32.3 Å². The van der Waals surface area contributed by atoms with Crippen LogP contribution >= 0.6 is 0 Å². The van der Waals surface area contributed by atoms with Crippen LogP contribution in [0, 0.1) is 5.41 Å². The molecule has 2 amide bonds.